The van der Waals surface area contributed by atoms with E-state index in [2.05, 4.69) is 0 Å². The maximum Gasteiger partial charge on any atom is 0.123 e. The van der Waals surface area contributed by atoms with E-state index >= 15 is 0 Å². The molecular formula is C16H12FNO. The first-order valence-corrected chi connectivity index (χ1v) is 5.81. The first-order valence-electron chi connectivity index (χ1n) is 5.81. The molecule has 0 unspecified atom stereocenters. The SMILES string of the molecule is N#CC=Cc1ccc(OCc2cccc(F)c2)cc1. The maximum atomic E-state index is 13.0. The normalized spacial score (nSPS) is 10.3. The van der Waals surface area contributed by atoms with E-state index in [0.717, 1.165) is 11.1 Å². The van der Waals surface area contributed by atoms with Crippen LogP contribution in [-0.4, -0.2) is 0 Å². The van der Waals surface area contributed by atoms with Crippen molar-refractivity contribution in [2.75, 3.05) is 0 Å². The zero-order valence-electron chi connectivity index (χ0n) is 10.2. The molecule has 3 heteroatoms. The second-order valence-electron chi connectivity index (χ2n) is 3.95. The molecular weight excluding hydrogens is 241 g/mol. The predicted molar refractivity (Wildman–Crippen MR) is 71.8 cm³/mol. The number of ether oxygens (including phenoxy) is 1. The quantitative estimate of drug-likeness (QED) is 0.773. The Morgan fingerprint density at radius 1 is 1.16 bits per heavy atom. The molecule has 0 aliphatic carbocycles. The van der Waals surface area contributed by atoms with Crippen LogP contribution in [0.5, 0.6) is 5.75 Å². The molecule has 0 fully saturated rings. The summed E-state index contributed by atoms with van der Waals surface area (Å²) < 4.78 is 18.5. The van der Waals surface area contributed by atoms with Crippen molar-refractivity contribution >= 4 is 6.08 Å². The molecule has 2 aromatic rings. The Morgan fingerprint density at radius 2 is 1.95 bits per heavy atom. The molecule has 0 spiro atoms. The zero-order chi connectivity index (χ0) is 13.5. The third-order valence-corrected chi connectivity index (χ3v) is 2.52. The molecule has 2 aromatic carbocycles. The van der Waals surface area contributed by atoms with Crippen LogP contribution in [0.15, 0.2) is 54.6 Å². The van der Waals surface area contributed by atoms with Crippen molar-refractivity contribution in [1.82, 2.24) is 0 Å². The second-order valence-corrected chi connectivity index (χ2v) is 3.95. The van der Waals surface area contributed by atoms with Gasteiger partial charge in [-0.1, -0.05) is 24.3 Å². The summed E-state index contributed by atoms with van der Waals surface area (Å²) >= 11 is 0. The van der Waals surface area contributed by atoms with Gasteiger partial charge in [0.1, 0.15) is 18.2 Å². The van der Waals surface area contributed by atoms with Crippen LogP contribution in [0.25, 0.3) is 6.08 Å². The molecule has 94 valence electrons. The van der Waals surface area contributed by atoms with Crippen LogP contribution in [0.4, 0.5) is 4.39 Å². The molecule has 0 aromatic heterocycles. The lowest BCUT2D eigenvalue weighted by molar-refractivity contribution is 0.305. The number of halogens is 1. The van der Waals surface area contributed by atoms with Crippen LogP contribution in [0.1, 0.15) is 11.1 Å². The zero-order valence-corrected chi connectivity index (χ0v) is 10.2. The van der Waals surface area contributed by atoms with Crippen LogP contribution >= 0.6 is 0 Å². The molecule has 0 amide bonds. The fraction of sp³-hybridized carbons (Fsp3) is 0.0625. The molecule has 0 aliphatic rings. The molecule has 2 rings (SSSR count). The molecule has 0 atom stereocenters. The second kappa shape index (κ2) is 6.36. The third kappa shape index (κ3) is 3.97. The lowest BCUT2D eigenvalue weighted by atomic mass is 10.2. The molecule has 0 saturated heterocycles. The number of nitriles is 1. The standard InChI is InChI=1S/C16H12FNO/c17-15-5-1-3-14(11-15)12-19-16-8-6-13(7-9-16)4-2-10-18/h1-9,11H,12H2. The fourth-order valence-electron chi connectivity index (χ4n) is 1.60. The maximum absolute atomic E-state index is 13.0. The summed E-state index contributed by atoms with van der Waals surface area (Å²) in [5.41, 5.74) is 1.72. The summed E-state index contributed by atoms with van der Waals surface area (Å²) in [6.45, 7) is 0.325. The number of hydrogen-bond acceptors (Lipinski definition) is 2. The monoisotopic (exact) mass is 253 g/mol. The smallest absolute Gasteiger partial charge is 0.123 e. The van der Waals surface area contributed by atoms with E-state index in [1.807, 2.05) is 36.4 Å². The third-order valence-electron chi connectivity index (χ3n) is 2.52. The minimum Gasteiger partial charge on any atom is -0.489 e. The van der Waals surface area contributed by atoms with Gasteiger partial charge in [0.25, 0.3) is 0 Å². The van der Waals surface area contributed by atoms with Gasteiger partial charge in [-0.05, 0) is 41.5 Å². The summed E-state index contributed by atoms with van der Waals surface area (Å²) in [4.78, 5) is 0. The van der Waals surface area contributed by atoms with Gasteiger partial charge in [0.2, 0.25) is 0 Å². The molecule has 0 bridgehead atoms. The molecule has 0 saturated carbocycles. The van der Waals surface area contributed by atoms with Crippen molar-refractivity contribution in [1.29, 1.82) is 5.26 Å². The Balaban J connectivity index is 1.97. The number of allylic oxidation sites excluding steroid dienone is 1. The summed E-state index contributed by atoms with van der Waals surface area (Å²) in [6, 6.07) is 15.6. The average Bonchev–Trinajstić information content (AvgIpc) is 2.44. The van der Waals surface area contributed by atoms with E-state index in [1.165, 1.54) is 18.2 Å². The van der Waals surface area contributed by atoms with E-state index in [4.69, 9.17) is 10.00 Å². The predicted octanol–water partition coefficient (Wildman–Crippen LogP) is 3.94. The van der Waals surface area contributed by atoms with Crippen LogP contribution in [-0.2, 0) is 6.61 Å². The molecule has 0 aliphatic heterocycles. The molecule has 19 heavy (non-hydrogen) atoms. The van der Waals surface area contributed by atoms with Crippen LogP contribution in [0.3, 0.4) is 0 Å². The summed E-state index contributed by atoms with van der Waals surface area (Å²) in [5.74, 6) is 0.441. The van der Waals surface area contributed by atoms with Gasteiger partial charge in [-0.2, -0.15) is 5.26 Å². The Hall–Kier alpha value is -2.60. The highest BCUT2D eigenvalue weighted by atomic mass is 19.1. The molecule has 2 nitrogen and oxygen atoms in total. The van der Waals surface area contributed by atoms with Gasteiger partial charge >= 0.3 is 0 Å². The molecule has 0 N–H and O–H groups in total. The Morgan fingerprint density at radius 3 is 2.63 bits per heavy atom. The Bertz CT molecular complexity index is 611. The van der Waals surface area contributed by atoms with Crippen molar-refractivity contribution in [2.24, 2.45) is 0 Å². The number of hydrogen-bond donors (Lipinski definition) is 0. The van der Waals surface area contributed by atoms with Crippen molar-refractivity contribution < 1.29 is 9.13 Å². The molecule has 0 radical (unpaired) electrons. The topological polar surface area (TPSA) is 33.0 Å². The van der Waals surface area contributed by atoms with Crippen molar-refractivity contribution in [3.63, 3.8) is 0 Å². The Kier molecular flexibility index (Phi) is 4.30. The summed E-state index contributed by atoms with van der Waals surface area (Å²) in [5, 5.41) is 8.42. The van der Waals surface area contributed by atoms with Gasteiger partial charge in [0.05, 0.1) is 6.07 Å². The number of nitrogens with zero attached hydrogens (tertiary/aromatic N) is 1. The lowest BCUT2D eigenvalue weighted by Gasteiger charge is -2.06. The van der Waals surface area contributed by atoms with Gasteiger partial charge < -0.3 is 4.74 Å². The van der Waals surface area contributed by atoms with Crippen LogP contribution < -0.4 is 4.74 Å². The van der Waals surface area contributed by atoms with E-state index < -0.39 is 0 Å². The van der Waals surface area contributed by atoms with E-state index in [1.54, 1.807) is 12.1 Å². The van der Waals surface area contributed by atoms with Gasteiger partial charge in [-0.3, -0.25) is 0 Å². The van der Waals surface area contributed by atoms with Gasteiger partial charge in [0, 0.05) is 6.08 Å². The lowest BCUT2D eigenvalue weighted by Crippen LogP contribution is -1.95. The van der Waals surface area contributed by atoms with Gasteiger partial charge in [-0.25, -0.2) is 4.39 Å². The highest BCUT2D eigenvalue weighted by Crippen LogP contribution is 2.15. The van der Waals surface area contributed by atoms with Gasteiger partial charge in [0.15, 0.2) is 0 Å². The first-order chi connectivity index (χ1) is 9.28. The van der Waals surface area contributed by atoms with E-state index in [-0.39, 0.29) is 5.82 Å². The highest BCUT2D eigenvalue weighted by Gasteiger charge is 1.97. The minimum absolute atomic E-state index is 0.266. The van der Waals surface area contributed by atoms with Gasteiger partial charge in [-0.15, -0.1) is 0 Å². The van der Waals surface area contributed by atoms with E-state index in [0.29, 0.717) is 12.4 Å². The summed E-state index contributed by atoms with van der Waals surface area (Å²) in [7, 11) is 0. The van der Waals surface area contributed by atoms with Crippen molar-refractivity contribution in [2.45, 2.75) is 6.61 Å². The fourth-order valence-corrected chi connectivity index (χ4v) is 1.60. The van der Waals surface area contributed by atoms with Crippen LogP contribution in [0.2, 0.25) is 0 Å². The minimum atomic E-state index is -0.266. The van der Waals surface area contributed by atoms with E-state index in [9.17, 15) is 4.39 Å². The van der Waals surface area contributed by atoms with Crippen molar-refractivity contribution in [3.8, 4) is 11.8 Å². The highest BCUT2D eigenvalue weighted by molar-refractivity contribution is 5.52. The largest absolute Gasteiger partial charge is 0.489 e. The average molecular weight is 253 g/mol. The number of benzene rings is 2. The molecule has 0 heterocycles. The van der Waals surface area contributed by atoms with Crippen LogP contribution in [0, 0.1) is 17.1 Å². The first kappa shape index (κ1) is 12.8. The van der Waals surface area contributed by atoms with Crippen molar-refractivity contribution in [3.05, 3.63) is 71.6 Å². The Labute approximate surface area is 111 Å². The number of rotatable bonds is 4. The summed E-state index contributed by atoms with van der Waals surface area (Å²) in [6.07, 6.45) is 3.14.